The van der Waals surface area contributed by atoms with Crippen LogP contribution >= 0.6 is 0 Å². The van der Waals surface area contributed by atoms with E-state index in [0.29, 0.717) is 18.7 Å². The van der Waals surface area contributed by atoms with Gasteiger partial charge in [0.1, 0.15) is 0 Å². The Morgan fingerprint density at radius 3 is 2.28 bits per heavy atom. The third-order valence-electron chi connectivity index (χ3n) is 4.07. The second kappa shape index (κ2) is 8.27. The molecule has 7 nitrogen and oxygen atoms in total. The average Bonchev–Trinajstić information content (AvgIpc) is 2.52. The molecule has 2 rings (SSSR count). The van der Waals surface area contributed by atoms with Gasteiger partial charge in [-0.2, -0.15) is 0 Å². The Morgan fingerprint density at radius 2 is 1.76 bits per heavy atom. The van der Waals surface area contributed by atoms with Crippen molar-refractivity contribution in [2.24, 2.45) is 0 Å². The maximum atomic E-state index is 12.1. The molecule has 0 saturated carbocycles. The minimum atomic E-state index is -3.46. The quantitative estimate of drug-likeness (QED) is 0.819. The predicted molar refractivity (Wildman–Crippen MR) is 97.0 cm³/mol. The summed E-state index contributed by atoms with van der Waals surface area (Å²) < 4.78 is 30.9. The lowest BCUT2D eigenvalue weighted by atomic mass is 10.2. The number of nitrogens with zero attached hydrogens (tertiary/aromatic N) is 2. The lowest BCUT2D eigenvalue weighted by molar-refractivity contribution is -0.117. The third kappa shape index (κ3) is 5.50. The molecule has 1 amide bonds. The second-order valence-electron chi connectivity index (χ2n) is 6.63. The van der Waals surface area contributed by atoms with Gasteiger partial charge in [-0.05, 0) is 38.1 Å². The lowest BCUT2D eigenvalue weighted by Gasteiger charge is -2.35. The van der Waals surface area contributed by atoms with Gasteiger partial charge < -0.3 is 10.1 Å². The molecule has 0 aromatic heterocycles. The van der Waals surface area contributed by atoms with Gasteiger partial charge >= 0.3 is 0 Å². The van der Waals surface area contributed by atoms with Crippen LogP contribution in [0.1, 0.15) is 20.3 Å². The van der Waals surface area contributed by atoms with Gasteiger partial charge in [-0.1, -0.05) is 0 Å². The van der Waals surface area contributed by atoms with Gasteiger partial charge in [-0.3, -0.25) is 9.69 Å². The number of carbonyl (C=O) groups excluding carboxylic acids is 1. The van der Waals surface area contributed by atoms with Crippen molar-refractivity contribution in [2.45, 2.75) is 37.4 Å². The van der Waals surface area contributed by atoms with Gasteiger partial charge in [0, 0.05) is 45.8 Å². The number of amides is 1. The number of anilines is 1. The number of carbonyl (C=O) groups is 1. The summed E-state index contributed by atoms with van der Waals surface area (Å²) in [5.41, 5.74) is 0.589. The van der Waals surface area contributed by atoms with Crippen molar-refractivity contribution in [3.63, 3.8) is 0 Å². The highest BCUT2D eigenvalue weighted by molar-refractivity contribution is 7.89. The second-order valence-corrected chi connectivity index (χ2v) is 8.78. The van der Waals surface area contributed by atoms with Gasteiger partial charge in [-0.15, -0.1) is 0 Å². The molecule has 25 heavy (non-hydrogen) atoms. The van der Waals surface area contributed by atoms with Gasteiger partial charge in [0.05, 0.1) is 17.1 Å². The van der Waals surface area contributed by atoms with E-state index in [-0.39, 0.29) is 23.0 Å². The smallest absolute Gasteiger partial charge is 0.242 e. The molecular weight excluding hydrogens is 342 g/mol. The first-order valence-corrected chi connectivity index (χ1v) is 9.82. The molecule has 0 radical (unpaired) electrons. The lowest BCUT2D eigenvalue weighted by Crippen LogP contribution is -2.46. The van der Waals surface area contributed by atoms with Gasteiger partial charge in [-0.25, -0.2) is 12.7 Å². The highest BCUT2D eigenvalue weighted by Gasteiger charge is 2.22. The molecule has 1 fully saturated rings. The fraction of sp³-hybridized carbons (Fsp3) is 0.588. The van der Waals surface area contributed by atoms with Crippen LogP contribution in [0.25, 0.3) is 0 Å². The molecule has 1 aliphatic heterocycles. The van der Waals surface area contributed by atoms with Crippen LogP contribution in [-0.4, -0.2) is 69.5 Å². The Kier molecular flexibility index (Phi) is 6.56. The summed E-state index contributed by atoms with van der Waals surface area (Å²) >= 11 is 0. The van der Waals surface area contributed by atoms with Crippen molar-refractivity contribution in [1.82, 2.24) is 9.21 Å². The van der Waals surface area contributed by atoms with Crippen LogP contribution in [-0.2, 0) is 19.6 Å². The van der Waals surface area contributed by atoms with E-state index in [1.807, 2.05) is 13.8 Å². The minimum Gasteiger partial charge on any atom is -0.373 e. The first-order valence-electron chi connectivity index (χ1n) is 8.38. The third-order valence-corrected chi connectivity index (χ3v) is 5.90. The standard InChI is InChI=1S/C17H27N3O4S/c1-13-11-20(12-14(2)24-13)10-9-17(21)18-15-5-7-16(8-6-15)25(22,23)19(3)4/h5-8,13-14H,9-12H2,1-4H3,(H,18,21)/t13-,14-/m1/s1. The normalized spacial score (nSPS) is 22.1. The van der Waals surface area contributed by atoms with E-state index >= 15 is 0 Å². The van der Waals surface area contributed by atoms with E-state index in [2.05, 4.69) is 10.2 Å². The van der Waals surface area contributed by atoms with Crippen molar-refractivity contribution in [2.75, 3.05) is 39.0 Å². The zero-order valence-electron chi connectivity index (χ0n) is 15.2. The summed E-state index contributed by atoms with van der Waals surface area (Å²) in [5, 5.41) is 2.81. The van der Waals surface area contributed by atoms with E-state index in [9.17, 15) is 13.2 Å². The first-order chi connectivity index (χ1) is 11.7. The number of ether oxygens (including phenoxy) is 1. The van der Waals surface area contributed by atoms with Crippen molar-refractivity contribution in [1.29, 1.82) is 0 Å². The molecule has 1 aliphatic rings. The molecule has 1 aromatic rings. The number of rotatable bonds is 6. The van der Waals surface area contributed by atoms with E-state index in [0.717, 1.165) is 17.4 Å². The average molecular weight is 369 g/mol. The monoisotopic (exact) mass is 369 g/mol. The molecular formula is C17H27N3O4S. The van der Waals surface area contributed by atoms with Crippen LogP contribution in [0.2, 0.25) is 0 Å². The van der Waals surface area contributed by atoms with Crippen molar-refractivity contribution >= 4 is 21.6 Å². The number of benzene rings is 1. The Morgan fingerprint density at radius 1 is 1.20 bits per heavy atom. The Labute approximate surface area is 150 Å². The summed E-state index contributed by atoms with van der Waals surface area (Å²) in [4.78, 5) is 14.5. The summed E-state index contributed by atoms with van der Waals surface area (Å²) in [7, 11) is -0.486. The van der Waals surface area contributed by atoms with E-state index in [4.69, 9.17) is 4.74 Å². The SMILES string of the molecule is C[C@@H]1CN(CCC(=O)Nc2ccc(S(=O)(=O)N(C)C)cc2)C[C@@H](C)O1. The number of hydrogen-bond donors (Lipinski definition) is 1. The van der Waals surface area contributed by atoms with Crippen LogP contribution in [0, 0.1) is 0 Å². The Hall–Kier alpha value is -1.48. The number of morpholine rings is 1. The molecule has 0 spiro atoms. The summed E-state index contributed by atoms with van der Waals surface area (Å²) in [6, 6.07) is 6.20. The van der Waals surface area contributed by atoms with Crippen molar-refractivity contribution < 1.29 is 17.9 Å². The topological polar surface area (TPSA) is 79.0 Å². The van der Waals surface area contributed by atoms with Crippen molar-refractivity contribution in [3.8, 4) is 0 Å². The molecule has 0 aliphatic carbocycles. The fourth-order valence-electron chi connectivity index (χ4n) is 2.87. The molecule has 1 N–H and O–H groups in total. The van der Waals surface area contributed by atoms with Gasteiger partial charge in [0.2, 0.25) is 15.9 Å². The summed E-state index contributed by atoms with van der Waals surface area (Å²) in [6.07, 6.45) is 0.744. The van der Waals surface area contributed by atoms with Crippen molar-refractivity contribution in [3.05, 3.63) is 24.3 Å². The molecule has 1 saturated heterocycles. The van der Waals surface area contributed by atoms with E-state index in [1.165, 1.54) is 26.2 Å². The van der Waals surface area contributed by atoms with Gasteiger partial charge in [0.15, 0.2) is 0 Å². The molecule has 140 valence electrons. The van der Waals surface area contributed by atoms with Crippen LogP contribution in [0.5, 0.6) is 0 Å². The number of nitrogens with one attached hydrogen (secondary N) is 1. The molecule has 0 unspecified atom stereocenters. The zero-order valence-corrected chi connectivity index (χ0v) is 16.0. The molecule has 0 bridgehead atoms. The molecule has 2 atom stereocenters. The Bertz CT molecular complexity index is 678. The highest BCUT2D eigenvalue weighted by atomic mass is 32.2. The minimum absolute atomic E-state index is 0.0879. The predicted octanol–water partition coefficient (Wildman–Crippen LogP) is 1.37. The maximum absolute atomic E-state index is 12.1. The molecule has 1 aromatic carbocycles. The summed E-state index contributed by atoms with van der Waals surface area (Å²) in [6.45, 7) is 6.40. The largest absolute Gasteiger partial charge is 0.373 e. The van der Waals surface area contributed by atoms with Gasteiger partial charge in [0.25, 0.3) is 0 Å². The number of hydrogen-bond acceptors (Lipinski definition) is 5. The van der Waals surface area contributed by atoms with E-state index in [1.54, 1.807) is 12.1 Å². The molecule has 8 heteroatoms. The van der Waals surface area contributed by atoms with Crippen LogP contribution in [0.15, 0.2) is 29.2 Å². The maximum Gasteiger partial charge on any atom is 0.242 e. The highest BCUT2D eigenvalue weighted by Crippen LogP contribution is 2.17. The summed E-state index contributed by atoms with van der Waals surface area (Å²) in [5.74, 6) is -0.0879. The zero-order chi connectivity index (χ0) is 18.6. The first kappa shape index (κ1) is 19.8. The van der Waals surface area contributed by atoms with Crippen LogP contribution in [0.3, 0.4) is 0 Å². The fourth-order valence-corrected chi connectivity index (χ4v) is 3.77. The Balaban J connectivity index is 1.86. The van der Waals surface area contributed by atoms with E-state index < -0.39 is 10.0 Å². The van der Waals surface area contributed by atoms with Crippen LogP contribution < -0.4 is 5.32 Å². The van der Waals surface area contributed by atoms with Crippen LogP contribution in [0.4, 0.5) is 5.69 Å². The molecule has 1 heterocycles. The number of sulfonamides is 1.